The van der Waals surface area contributed by atoms with Gasteiger partial charge in [0.2, 0.25) is 5.91 Å². The Morgan fingerprint density at radius 3 is 2.49 bits per heavy atom. The van der Waals surface area contributed by atoms with Gasteiger partial charge < -0.3 is 10.4 Å². The fraction of sp³-hybridized carbons (Fsp3) is 0.667. The van der Waals surface area contributed by atoms with Crippen LogP contribution in [0.15, 0.2) is 18.2 Å². The van der Waals surface area contributed by atoms with Gasteiger partial charge in [-0.25, -0.2) is 9.07 Å². The Morgan fingerprint density at radius 2 is 1.92 bits per heavy atom. The number of halogens is 4. The molecule has 1 aliphatic rings. The fourth-order valence-corrected chi connectivity index (χ4v) is 4.98. The van der Waals surface area contributed by atoms with Crippen LogP contribution in [-0.2, 0) is 11.0 Å². The Kier molecular flexibility index (Phi) is 9.03. The molecule has 3 rings (SSSR count). The lowest BCUT2D eigenvalue weighted by molar-refractivity contribution is -0.147. The van der Waals surface area contributed by atoms with Crippen molar-refractivity contribution in [2.45, 2.75) is 91.3 Å². The number of aliphatic hydroxyl groups is 1. The van der Waals surface area contributed by atoms with Crippen LogP contribution in [-0.4, -0.2) is 32.6 Å². The fourth-order valence-electron chi connectivity index (χ4n) is 4.98. The predicted octanol–water partition coefficient (Wildman–Crippen LogP) is 6.65. The van der Waals surface area contributed by atoms with E-state index in [2.05, 4.69) is 43.3 Å². The number of carbonyl (C=O) groups excluding carboxylic acids is 1. The van der Waals surface area contributed by atoms with Crippen molar-refractivity contribution in [2.75, 3.05) is 11.9 Å². The van der Waals surface area contributed by atoms with Crippen LogP contribution in [0.4, 0.5) is 23.2 Å². The normalized spacial score (nSPS) is 19.1. The van der Waals surface area contributed by atoms with Crippen molar-refractivity contribution in [3.8, 4) is 0 Å². The van der Waals surface area contributed by atoms with Gasteiger partial charge in [-0.15, -0.1) is 5.10 Å². The van der Waals surface area contributed by atoms with Crippen LogP contribution >= 0.6 is 0 Å². The van der Waals surface area contributed by atoms with Crippen LogP contribution in [0.2, 0.25) is 0 Å². The molecule has 1 aromatic carbocycles. The molecule has 0 unspecified atom stereocenters. The molecule has 0 saturated heterocycles. The van der Waals surface area contributed by atoms with Gasteiger partial charge in [0, 0.05) is 18.9 Å². The molecule has 0 aliphatic heterocycles. The summed E-state index contributed by atoms with van der Waals surface area (Å²) in [6.07, 6.45) is -2.64. The van der Waals surface area contributed by atoms with E-state index in [9.17, 15) is 27.5 Å². The van der Waals surface area contributed by atoms with Gasteiger partial charge in [0.15, 0.2) is 5.69 Å². The maximum Gasteiger partial charge on any atom is 0.434 e. The third kappa shape index (κ3) is 7.09. The first kappa shape index (κ1) is 29.1. The molecule has 1 atom stereocenters. The smallest absolute Gasteiger partial charge is 0.396 e. The largest absolute Gasteiger partial charge is 0.434 e. The number of nitrogens with zero attached hydrogens (tertiary/aromatic N) is 3. The van der Waals surface area contributed by atoms with E-state index in [4.69, 9.17) is 0 Å². The molecule has 1 aromatic heterocycles. The van der Waals surface area contributed by atoms with E-state index in [1.807, 2.05) is 0 Å². The zero-order chi connectivity index (χ0) is 27.5. The van der Waals surface area contributed by atoms with E-state index in [-0.39, 0.29) is 42.7 Å². The summed E-state index contributed by atoms with van der Waals surface area (Å²) in [5.41, 5.74) is -0.507. The average molecular weight is 527 g/mol. The lowest BCUT2D eigenvalue weighted by Gasteiger charge is -2.42. The molecule has 0 bridgehead atoms. The third-order valence-electron chi connectivity index (χ3n) is 7.85. The summed E-state index contributed by atoms with van der Waals surface area (Å²) in [5, 5.41) is 19.6. The Labute approximate surface area is 215 Å². The van der Waals surface area contributed by atoms with Gasteiger partial charge in [-0.3, -0.25) is 4.79 Å². The van der Waals surface area contributed by atoms with E-state index < -0.39 is 35.6 Å². The second kappa shape index (κ2) is 11.5. The van der Waals surface area contributed by atoms with Gasteiger partial charge in [0.25, 0.3) is 0 Å². The number of hydrogen-bond donors (Lipinski definition) is 2. The molecule has 0 radical (unpaired) electrons. The highest BCUT2D eigenvalue weighted by molar-refractivity contribution is 5.91. The minimum absolute atomic E-state index is 0.0407. The number of rotatable bonds is 11. The molecule has 6 nitrogen and oxygen atoms in total. The number of aliphatic hydroxyl groups excluding tert-OH is 1. The van der Waals surface area contributed by atoms with Gasteiger partial charge in [-0.1, -0.05) is 39.0 Å². The number of aromatic nitrogens is 3. The molecule has 1 aliphatic carbocycles. The van der Waals surface area contributed by atoms with Crippen molar-refractivity contribution >= 4 is 11.6 Å². The minimum atomic E-state index is -4.71. The Balaban J connectivity index is 1.81. The summed E-state index contributed by atoms with van der Waals surface area (Å²) in [6, 6.07) is 3.90. The topological polar surface area (TPSA) is 80.0 Å². The second-order valence-corrected chi connectivity index (χ2v) is 11.4. The van der Waals surface area contributed by atoms with Crippen molar-refractivity contribution in [2.24, 2.45) is 17.3 Å². The van der Waals surface area contributed by atoms with Gasteiger partial charge in [-0.2, -0.15) is 13.2 Å². The number of nitrogens with one attached hydrogen (secondary N) is 1. The second-order valence-electron chi connectivity index (χ2n) is 11.4. The van der Waals surface area contributed by atoms with E-state index in [1.165, 1.54) is 12.1 Å². The predicted molar refractivity (Wildman–Crippen MR) is 133 cm³/mol. The van der Waals surface area contributed by atoms with E-state index in [0.717, 1.165) is 11.1 Å². The van der Waals surface area contributed by atoms with Crippen LogP contribution in [0, 0.1) is 30.0 Å². The molecule has 1 heterocycles. The van der Waals surface area contributed by atoms with Gasteiger partial charge in [0.1, 0.15) is 5.82 Å². The van der Waals surface area contributed by atoms with Crippen molar-refractivity contribution in [1.29, 1.82) is 0 Å². The lowest BCUT2D eigenvalue weighted by atomic mass is 9.67. The zero-order valence-electron chi connectivity index (χ0n) is 22.2. The van der Waals surface area contributed by atoms with E-state index in [1.54, 1.807) is 13.0 Å². The van der Waals surface area contributed by atoms with E-state index in [0.29, 0.717) is 30.2 Å². The monoisotopic (exact) mass is 526 g/mol. The van der Waals surface area contributed by atoms with Crippen LogP contribution in [0.25, 0.3) is 0 Å². The van der Waals surface area contributed by atoms with Crippen molar-refractivity contribution < 1.29 is 27.5 Å². The quantitative estimate of drug-likeness (QED) is 0.321. The molecule has 2 N–H and O–H groups in total. The van der Waals surface area contributed by atoms with Crippen LogP contribution in [0.1, 0.15) is 95.1 Å². The van der Waals surface area contributed by atoms with Crippen LogP contribution in [0.3, 0.4) is 0 Å². The molecule has 1 amide bonds. The number of carbonyl (C=O) groups is 1. The molecule has 10 heteroatoms. The first-order valence-corrected chi connectivity index (χ1v) is 12.9. The maximum absolute atomic E-state index is 14.3. The standard InChI is InChI=1S/C27H38F4N4O2/c1-16(2)26(4,5)15-18-12-20(13-18)35-25(27(29,30)31)24(33-34-35)19(7-6-10-36)14-23(37)32-22-9-8-17(3)11-21(22)28/h8-9,11,16,18-20,36H,6-7,10,12-15H2,1-5H3,(H,32,37)/t18?,19-,20?/m0/s1. The summed E-state index contributed by atoms with van der Waals surface area (Å²) in [6.45, 7) is 10.1. The molecule has 1 fully saturated rings. The number of amides is 1. The Hall–Kier alpha value is -2.49. The highest BCUT2D eigenvalue weighted by Gasteiger charge is 2.46. The van der Waals surface area contributed by atoms with Crippen molar-refractivity contribution in [3.05, 3.63) is 41.0 Å². The molecule has 206 valence electrons. The first-order chi connectivity index (χ1) is 17.2. The minimum Gasteiger partial charge on any atom is -0.396 e. The number of benzene rings is 1. The summed E-state index contributed by atoms with van der Waals surface area (Å²) in [7, 11) is 0. The first-order valence-electron chi connectivity index (χ1n) is 12.9. The highest BCUT2D eigenvalue weighted by Crippen LogP contribution is 2.48. The number of aryl methyl sites for hydroxylation is 1. The number of alkyl halides is 3. The summed E-state index contributed by atoms with van der Waals surface area (Å²) < 4.78 is 58.1. The van der Waals surface area contributed by atoms with Gasteiger partial charge in [-0.05, 0) is 74.0 Å². The molecule has 37 heavy (non-hydrogen) atoms. The SMILES string of the molecule is Cc1ccc(NC(=O)C[C@H](CCCO)c2nnn(C3CC(CC(C)(C)C(C)C)C3)c2C(F)(F)F)c(F)c1. The maximum atomic E-state index is 14.3. The molecule has 2 aromatic rings. The highest BCUT2D eigenvalue weighted by atomic mass is 19.4. The number of anilines is 1. The van der Waals surface area contributed by atoms with E-state index >= 15 is 0 Å². The van der Waals surface area contributed by atoms with Gasteiger partial charge in [0.05, 0.1) is 17.4 Å². The Morgan fingerprint density at radius 1 is 1.24 bits per heavy atom. The van der Waals surface area contributed by atoms with Crippen molar-refractivity contribution in [3.63, 3.8) is 0 Å². The molecule has 0 spiro atoms. The average Bonchev–Trinajstić information content (AvgIpc) is 3.20. The zero-order valence-corrected chi connectivity index (χ0v) is 22.2. The molecular weight excluding hydrogens is 488 g/mol. The lowest BCUT2D eigenvalue weighted by Crippen LogP contribution is -2.34. The van der Waals surface area contributed by atoms with Crippen molar-refractivity contribution in [1.82, 2.24) is 15.0 Å². The summed E-state index contributed by atoms with van der Waals surface area (Å²) in [4.78, 5) is 12.7. The van der Waals surface area contributed by atoms with Crippen LogP contribution in [0.5, 0.6) is 0 Å². The Bertz CT molecular complexity index is 1070. The number of hydrogen-bond acceptors (Lipinski definition) is 4. The summed E-state index contributed by atoms with van der Waals surface area (Å²) in [5.74, 6) is -1.41. The summed E-state index contributed by atoms with van der Waals surface area (Å²) >= 11 is 0. The molecular formula is C27H38F4N4O2. The van der Waals surface area contributed by atoms with Crippen LogP contribution < -0.4 is 5.32 Å². The molecule has 1 saturated carbocycles. The third-order valence-corrected chi connectivity index (χ3v) is 7.85. The van der Waals surface area contributed by atoms with Gasteiger partial charge >= 0.3 is 6.18 Å².